The minimum absolute atomic E-state index is 0.194. The predicted molar refractivity (Wildman–Crippen MR) is 75.9 cm³/mol. The van der Waals surface area contributed by atoms with Gasteiger partial charge in [0, 0.05) is 12.3 Å². The number of methoxy groups -OCH3 is 1. The van der Waals surface area contributed by atoms with E-state index >= 15 is 0 Å². The summed E-state index contributed by atoms with van der Waals surface area (Å²) in [6.07, 6.45) is 5.13. The zero-order valence-electron chi connectivity index (χ0n) is 10.2. The molecule has 0 fully saturated rings. The number of hydrogen-bond acceptors (Lipinski definition) is 4. The highest BCUT2D eigenvalue weighted by atomic mass is 32.2. The van der Waals surface area contributed by atoms with Gasteiger partial charge in [-0.1, -0.05) is 12.0 Å². The lowest BCUT2D eigenvalue weighted by Crippen LogP contribution is -2.26. The fraction of sp³-hybridized carbons (Fsp3) is 0.308. The minimum Gasteiger partial charge on any atom is -0.494 e. The van der Waals surface area contributed by atoms with Gasteiger partial charge in [0.15, 0.2) is 5.75 Å². The van der Waals surface area contributed by atoms with Gasteiger partial charge >= 0.3 is 0 Å². The molecule has 0 radical (unpaired) electrons. The van der Waals surface area contributed by atoms with Gasteiger partial charge in [-0.25, -0.2) is 0 Å². The van der Waals surface area contributed by atoms with Gasteiger partial charge in [-0.15, -0.1) is 18.2 Å². The molecule has 1 amide bonds. The summed E-state index contributed by atoms with van der Waals surface area (Å²) < 4.78 is 5.12. The fourth-order valence-electron chi connectivity index (χ4n) is 1.42. The third kappa shape index (κ3) is 3.90. The van der Waals surface area contributed by atoms with Crippen LogP contribution in [0.25, 0.3) is 0 Å². The van der Waals surface area contributed by atoms with Gasteiger partial charge in [0.05, 0.1) is 24.1 Å². The first-order chi connectivity index (χ1) is 8.70. The second-order valence-electron chi connectivity index (χ2n) is 3.44. The maximum absolute atomic E-state index is 11.9. The zero-order valence-corrected chi connectivity index (χ0v) is 11.0. The molecule has 0 aliphatic rings. The number of nitrogen functional groups attached to an aromatic ring is 1. The van der Waals surface area contributed by atoms with Crippen LogP contribution in [0.1, 0.15) is 10.4 Å². The van der Waals surface area contributed by atoms with E-state index in [1.807, 2.05) is 0 Å². The van der Waals surface area contributed by atoms with E-state index < -0.39 is 0 Å². The molecule has 0 bridgehead atoms. The van der Waals surface area contributed by atoms with Crippen molar-refractivity contribution in [2.24, 2.45) is 0 Å². The number of anilines is 1. The molecule has 4 nitrogen and oxygen atoms in total. The highest BCUT2D eigenvalue weighted by Gasteiger charge is 2.13. The summed E-state index contributed by atoms with van der Waals surface area (Å²) in [5, 5.41) is 2.80. The van der Waals surface area contributed by atoms with Crippen LogP contribution in [0.3, 0.4) is 0 Å². The highest BCUT2D eigenvalue weighted by molar-refractivity contribution is 7.99. The number of thioether (sulfide) groups is 1. The predicted octanol–water partition coefficient (Wildman–Crippen LogP) is 1.37. The van der Waals surface area contributed by atoms with Crippen molar-refractivity contribution in [2.45, 2.75) is 0 Å². The molecule has 0 unspecified atom stereocenters. The number of rotatable bonds is 6. The first kappa shape index (κ1) is 14.3. The Balaban J connectivity index is 2.57. The third-order valence-electron chi connectivity index (χ3n) is 2.21. The Morgan fingerprint density at radius 2 is 2.39 bits per heavy atom. The van der Waals surface area contributed by atoms with Crippen LogP contribution in [0.2, 0.25) is 0 Å². The molecule has 0 saturated carbocycles. The SMILES string of the molecule is C#CCSCCNC(=O)c1cccc(N)c1OC. The van der Waals surface area contributed by atoms with Gasteiger partial charge in [-0.05, 0) is 12.1 Å². The first-order valence-corrected chi connectivity index (χ1v) is 6.58. The van der Waals surface area contributed by atoms with E-state index in [0.29, 0.717) is 29.3 Å². The number of nitrogens with one attached hydrogen (secondary N) is 1. The van der Waals surface area contributed by atoms with Crippen molar-refractivity contribution in [3.05, 3.63) is 23.8 Å². The molecule has 0 aromatic heterocycles. The van der Waals surface area contributed by atoms with E-state index in [1.54, 1.807) is 30.0 Å². The van der Waals surface area contributed by atoms with Crippen LogP contribution in [-0.4, -0.2) is 31.1 Å². The highest BCUT2D eigenvalue weighted by Crippen LogP contribution is 2.25. The number of nitrogens with two attached hydrogens (primary N) is 1. The Bertz CT molecular complexity index is 455. The minimum atomic E-state index is -0.194. The van der Waals surface area contributed by atoms with Crippen LogP contribution in [-0.2, 0) is 0 Å². The number of terminal acetylenes is 1. The van der Waals surface area contributed by atoms with E-state index in [-0.39, 0.29) is 5.91 Å². The number of benzene rings is 1. The summed E-state index contributed by atoms with van der Waals surface area (Å²) >= 11 is 1.60. The Kier molecular flexibility index (Phi) is 5.95. The van der Waals surface area contributed by atoms with Crippen molar-refractivity contribution >= 4 is 23.4 Å². The molecule has 3 N–H and O–H groups in total. The molecule has 0 aliphatic heterocycles. The molecule has 0 saturated heterocycles. The molecule has 0 aliphatic carbocycles. The third-order valence-corrected chi connectivity index (χ3v) is 3.08. The first-order valence-electron chi connectivity index (χ1n) is 5.42. The van der Waals surface area contributed by atoms with Gasteiger partial charge in [0.2, 0.25) is 0 Å². The summed E-state index contributed by atoms with van der Waals surface area (Å²) in [6.45, 7) is 0.559. The molecule has 5 heteroatoms. The standard InChI is InChI=1S/C13H16N2O2S/c1-3-8-18-9-7-15-13(16)10-5-4-6-11(14)12(10)17-2/h1,4-6H,7-9,14H2,2H3,(H,15,16). The van der Waals surface area contributed by atoms with E-state index in [0.717, 1.165) is 5.75 Å². The number of carbonyl (C=O) groups excluding carboxylic acids is 1. The van der Waals surface area contributed by atoms with Crippen LogP contribution in [0.5, 0.6) is 5.75 Å². The molecule has 1 aromatic rings. The van der Waals surface area contributed by atoms with Crippen molar-refractivity contribution in [3.63, 3.8) is 0 Å². The summed E-state index contributed by atoms with van der Waals surface area (Å²) in [7, 11) is 1.49. The smallest absolute Gasteiger partial charge is 0.255 e. The normalized spacial score (nSPS) is 9.56. The molecular weight excluding hydrogens is 248 g/mol. The second-order valence-corrected chi connectivity index (χ2v) is 4.55. The Labute approximate surface area is 111 Å². The Morgan fingerprint density at radius 3 is 3.06 bits per heavy atom. The maximum atomic E-state index is 11.9. The average molecular weight is 264 g/mol. The molecule has 0 atom stereocenters. The van der Waals surface area contributed by atoms with Crippen molar-refractivity contribution in [3.8, 4) is 18.1 Å². The number of para-hydroxylation sites is 1. The van der Waals surface area contributed by atoms with E-state index in [2.05, 4.69) is 11.2 Å². The van der Waals surface area contributed by atoms with Crippen molar-refractivity contribution < 1.29 is 9.53 Å². The van der Waals surface area contributed by atoms with E-state index in [4.69, 9.17) is 16.9 Å². The van der Waals surface area contributed by atoms with Crippen molar-refractivity contribution in [2.75, 3.05) is 30.9 Å². The second kappa shape index (κ2) is 7.51. The lowest BCUT2D eigenvalue weighted by molar-refractivity contribution is 0.0953. The van der Waals surface area contributed by atoms with E-state index in [1.165, 1.54) is 7.11 Å². The fourth-order valence-corrected chi connectivity index (χ4v) is 1.93. The largest absolute Gasteiger partial charge is 0.494 e. The topological polar surface area (TPSA) is 64.4 Å². The number of hydrogen-bond donors (Lipinski definition) is 2. The van der Waals surface area contributed by atoms with Crippen molar-refractivity contribution in [1.82, 2.24) is 5.32 Å². The van der Waals surface area contributed by atoms with Gasteiger partial charge in [0.1, 0.15) is 0 Å². The summed E-state index contributed by atoms with van der Waals surface area (Å²) in [5.74, 6) is 4.17. The molecule has 1 aromatic carbocycles. The zero-order chi connectivity index (χ0) is 13.4. The Morgan fingerprint density at radius 1 is 1.61 bits per heavy atom. The maximum Gasteiger partial charge on any atom is 0.255 e. The molecule has 0 heterocycles. The Hall–Kier alpha value is -1.80. The van der Waals surface area contributed by atoms with Gasteiger partial charge in [-0.2, -0.15) is 0 Å². The summed E-state index contributed by atoms with van der Waals surface area (Å²) in [4.78, 5) is 11.9. The molecular formula is C13H16N2O2S. The lowest BCUT2D eigenvalue weighted by Gasteiger charge is -2.10. The lowest BCUT2D eigenvalue weighted by atomic mass is 10.1. The van der Waals surface area contributed by atoms with Crippen LogP contribution < -0.4 is 15.8 Å². The van der Waals surface area contributed by atoms with Crippen LogP contribution >= 0.6 is 11.8 Å². The van der Waals surface area contributed by atoms with Gasteiger partial charge in [0.25, 0.3) is 5.91 Å². The monoisotopic (exact) mass is 264 g/mol. The molecule has 96 valence electrons. The summed E-state index contributed by atoms with van der Waals surface area (Å²) in [5.41, 5.74) is 6.63. The number of amides is 1. The number of ether oxygens (including phenoxy) is 1. The van der Waals surface area contributed by atoms with Crippen LogP contribution in [0.15, 0.2) is 18.2 Å². The molecule has 18 heavy (non-hydrogen) atoms. The van der Waals surface area contributed by atoms with Crippen LogP contribution in [0, 0.1) is 12.3 Å². The average Bonchev–Trinajstić information content (AvgIpc) is 2.38. The van der Waals surface area contributed by atoms with Crippen molar-refractivity contribution in [1.29, 1.82) is 0 Å². The van der Waals surface area contributed by atoms with Crippen LogP contribution in [0.4, 0.5) is 5.69 Å². The van der Waals surface area contributed by atoms with Gasteiger partial charge < -0.3 is 15.8 Å². The number of carbonyl (C=O) groups is 1. The van der Waals surface area contributed by atoms with Gasteiger partial charge in [-0.3, -0.25) is 4.79 Å². The quantitative estimate of drug-likeness (QED) is 0.463. The summed E-state index contributed by atoms with van der Waals surface area (Å²) in [6, 6.07) is 5.09. The molecule has 1 rings (SSSR count). The molecule has 0 spiro atoms. The van der Waals surface area contributed by atoms with E-state index in [9.17, 15) is 4.79 Å².